The fraction of sp³-hybridized carbons (Fsp3) is 0.500. The molecule has 98 valence electrons. The fourth-order valence-electron chi connectivity index (χ4n) is 2.51. The summed E-state index contributed by atoms with van der Waals surface area (Å²) in [4.78, 5) is 13.9. The van der Waals surface area contributed by atoms with Crippen molar-refractivity contribution in [2.24, 2.45) is 0 Å². The van der Waals surface area contributed by atoms with Gasteiger partial charge in [-0.15, -0.1) is 0 Å². The molecule has 1 aromatic carbocycles. The second-order valence-electron chi connectivity index (χ2n) is 4.68. The zero-order valence-electron chi connectivity index (χ0n) is 10.7. The molecular weight excluding hydrogens is 231 g/mol. The Bertz CT molecular complexity index is 405. The topological polar surface area (TPSA) is 32.3 Å². The lowest BCUT2D eigenvalue weighted by molar-refractivity contribution is -0.134. The maximum Gasteiger partial charge on any atom is 0.237 e. The van der Waals surface area contributed by atoms with Gasteiger partial charge in [0.15, 0.2) is 0 Å². The summed E-state index contributed by atoms with van der Waals surface area (Å²) in [5.74, 6) is -0.116. The summed E-state index contributed by atoms with van der Waals surface area (Å²) in [5, 5.41) is 2.89. The van der Waals surface area contributed by atoms with E-state index in [-0.39, 0.29) is 17.8 Å². The minimum absolute atomic E-state index is 0.0974. The van der Waals surface area contributed by atoms with Gasteiger partial charge in [-0.2, -0.15) is 0 Å². The first-order chi connectivity index (χ1) is 8.72. The second-order valence-corrected chi connectivity index (χ2v) is 4.68. The summed E-state index contributed by atoms with van der Waals surface area (Å²) in [6.45, 7) is 1.15. The summed E-state index contributed by atoms with van der Waals surface area (Å²) in [6, 6.07) is 6.59. The Kier molecular flexibility index (Phi) is 4.31. The van der Waals surface area contributed by atoms with Crippen LogP contribution in [-0.2, 0) is 4.79 Å². The second kappa shape index (κ2) is 5.96. The molecule has 1 aromatic rings. The largest absolute Gasteiger partial charge is 0.335 e. The number of rotatable bonds is 3. The molecule has 1 aliphatic heterocycles. The van der Waals surface area contributed by atoms with E-state index in [1.165, 1.54) is 12.1 Å². The number of likely N-dealkylation sites (N-methyl/N-ethyl adjacent to an activating group) is 1. The Balaban J connectivity index is 2.17. The van der Waals surface area contributed by atoms with Gasteiger partial charge in [0.2, 0.25) is 5.91 Å². The molecule has 0 aromatic heterocycles. The Hall–Kier alpha value is -1.42. The standard InChI is InChI=1S/C14H19FN2O/c1-16-10-14(18)17-9-3-2-4-13(17)11-5-7-12(15)8-6-11/h5-8,13,16H,2-4,9-10H2,1H3. The van der Waals surface area contributed by atoms with Gasteiger partial charge in [-0.05, 0) is 44.0 Å². The zero-order chi connectivity index (χ0) is 13.0. The molecule has 0 bridgehead atoms. The number of piperidine rings is 1. The highest BCUT2D eigenvalue weighted by molar-refractivity contribution is 5.78. The van der Waals surface area contributed by atoms with Gasteiger partial charge in [-0.1, -0.05) is 12.1 Å². The Morgan fingerprint density at radius 1 is 1.39 bits per heavy atom. The highest BCUT2D eigenvalue weighted by Crippen LogP contribution is 2.30. The van der Waals surface area contributed by atoms with Crippen LogP contribution >= 0.6 is 0 Å². The van der Waals surface area contributed by atoms with Crippen LogP contribution in [0.1, 0.15) is 30.9 Å². The van der Waals surface area contributed by atoms with Gasteiger partial charge in [0, 0.05) is 6.54 Å². The maximum absolute atomic E-state index is 12.9. The van der Waals surface area contributed by atoms with Crippen LogP contribution in [0.25, 0.3) is 0 Å². The Labute approximate surface area is 107 Å². The third-order valence-corrected chi connectivity index (χ3v) is 3.41. The molecule has 0 spiro atoms. The smallest absolute Gasteiger partial charge is 0.237 e. The molecule has 1 fully saturated rings. The van der Waals surface area contributed by atoms with Crippen LogP contribution in [0.5, 0.6) is 0 Å². The van der Waals surface area contributed by atoms with Crippen molar-refractivity contribution in [3.05, 3.63) is 35.6 Å². The first-order valence-corrected chi connectivity index (χ1v) is 6.42. The van der Waals surface area contributed by atoms with Gasteiger partial charge in [0.25, 0.3) is 0 Å². The van der Waals surface area contributed by atoms with Crippen molar-refractivity contribution in [2.45, 2.75) is 25.3 Å². The lowest BCUT2D eigenvalue weighted by Crippen LogP contribution is -2.42. The van der Waals surface area contributed by atoms with E-state index in [0.717, 1.165) is 31.4 Å². The van der Waals surface area contributed by atoms with Crippen molar-refractivity contribution in [1.82, 2.24) is 10.2 Å². The predicted octanol–water partition coefficient (Wildman–Crippen LogP) is 2.10. The summed E-state index contributed by atoms with van der Waals surface area (Å²) in [5.41, 5.74) is 1.03. The van der Waals surface area contributed by atoms with E-state index in [1.807, 2.05) is 4.90 Å². The molecule has 0 radical (unpaired) electrons. The summed E-state index contributed by atoms with van der Waals surface area (Å²) in [6.07, 6.45) is 3.12. The van der Waals surface area contributed by atoms with Crippen LogP contribution in [0.3, 0.4) is 0 Å². The van der Waals surface area contributed by atoms with Crippen LogP contribution < -0.4 is 5.32 Å². The van der Waals surface area contributed by atoms with Crippen LogP contribution in [-0.4, -0.2) is 30.9 Å². The number of carbonyl (C=O) groups excluding carboxylic acids is 1. The molecule has 4 heteroatoms. The van der Waals surface area contributed by atoms with E-state index >= 15 is 0 Å². The predicted molar refractivity (Wildman–Crippen MR) is 68.6 cm³/mol. The lowest BCUT2D eigenvalue weighted by atomic mass is 9.95. The molecule has 0 saturated carbocycles. The van der Waals surface area contributed by atoms with E-state index < -0.39 is 0 Å². The maximum atomic E-state index is 12.9. The van der Waals surface area contributed by atoms with Crippen molar-refractivity contribution in [1.29, 1.82) is 0 Å². The van der Waals surface area contributed by atoms with Crippen LogP contribution in [0, 0.1) is 5.82 Å². The number of hydrogen-bond acceptors (Lipinski definition) is 2. The first kappa shape index (κ1) is 13.0. The SMILES string of the molecule is CNCC(=O)N1CCCCC1c1ccc(F)cc1. The van der Waals surface area contributed by atoms with Gasteiger partial charge < -0.3 is 10.2 Å². The van der Waals surface area contributed by atoms with E-state index in [0.29, 0.717) is 6.54 Å². The molecule has 1 aliphatic rings. The van der Waals surface area contributed by atoms with Gasteiger partial charge in [-0.3, -0.25) is 4.79 Å². The first-order valence-electron chi connectivity index (χ1n) is 6.42. The van der Waals surface area contributed by atoms with E-state index in [1.54, 1.807) is 19.2 Å². The fourth-order valence-corrected chi connectivity index (χ4v) is 2.51. The van der Waals surface area contributed by atoms with E-state index in [4.69, 9.17) is 0 Å². The van der Waals surface area contributed by atoms with Crippen LogP contribution in [0.4, 0.5) is 4.39 Å². The summed E-state index contributed by atoms with van der Waals surface area (Å²) >= 11 is 0. The van der Waals surface area contributed by atoms with Crippen molar-refractivity contribution in [2.75, 3.05) is 20.1 Å². The molecule has 1 unspecified atom stereocenters. The van der Waals surface area contributed by atoms with Gasteiger partial charge in [0.1, 0.15) is 5.82 Å². The third kappa shape index (κ3) is 2.88. The van der Waals surface area contributed by atoms with Crippen molar-refractivity contribution >= 4 is 5.91 Å². The average Bonchev–Trinajstić information content (AvgIpc) is 2.40. The molecule has 18 heavy (non-hydrogen) atoms. The lowest BCUT2D eigenvalue weighted by Gasteiger charge is -2.36. The van der Waals surface area contributed by atoms with E-state index in [9.17, 15) is 9.18 Å². The molecule has 1 atom stereocenters. The quantitative estimate of drug-likeness (QED) is 0.891. The van der Waals surface area contributed by atoms with Gasteiger partial charge in [0.05, 0.1) is 12.6 Å². The van der Waals surface area contributed by atoms with E-state index in [2.05, 4.69) is 5.32 Å². The molecule has 1 saturated heterocycles. The number of hydrogen-bond donors (Lipinski definition) is 1. The Morgan fingerprint density at radius 3 is 2.78 bits per heavy atom. The molecule has 0 aliphatic carbocycles. The minimum atomic E-state index is -0.234. The normalized spacial score (nSPS) is 19.9. The van der Waals surface area contributed by atoms with Crippen LogP contribution in [0.15, 0.2) is 24.3 Å². The number of nitrogens with one attached hydrogen (secondary N) is 1. The van der Waals surface area contributed by atoms with Crippen LogP contribution in [0.2, 0.25) is 0 Å². The molecule has 1 N–H and O–H groups in total. The number of halogens is 1. The minimum Gasteiger partial charge on any atom is -0.335 e. The number of amides is 1. The molecular formula is C14H19FN2O. The highest BCUT2D eigenvalue weighted by atomic mass is 19.1. The van der Waals surface area contributed by atoms with Crippen molar-refractivity contribution in [3.63, 3.8) is 0 Å². The Morgan fingerprint density at radius 2 is 2.11 bits per heavy atom. The summed E-state index contributed by atoms with van der Waals surface area (Å²) in [7, 11) is 1.77. The third-order valence-electron chi connectivity index (χ3n) is 3.41. The van der Waals surface area contributed by atoms with Gasteiger partial charge in [-0.25, -0.2) is 4.39 Å². The highest BCUT2D eigenvalue weighted by Gasteiger charge is 2.27. The molecule has 2 rings (SSSR count). The molecule has 3 nitrogen and oxygen atoms in total. The number of nitrogens with zero attached hydrogens (tertiary/aromatic N) is 1. The number of likely N-dealkylation sites (tertiary alicyclic amines) is 1. The summed E-state index contributed by atoms with van der Waals surface area (Å²) < 4.78 is 12.9. The number of carbonyl (C=O) groups is 1. The number of benzene rings is 1. The monoisotopic (exact) mass is 250 g/mol. The van der Waals surface area contributed by atoms with Crippen molar-refractivity contribution < 1.29 is 9.18 Å². The molecule has 1 amide bonds. The molecule has 1 heterocycles. The zero-order valence-corrected chi connectivity index (χ0v) is 10.7. The van der Waals surface area contributed by atoms with Crippen molar-refractivity contribution in [3.8, 4) is 0 Å². The van der Waals surface area contributed by atoms with Gasteiger partial charge >= 0.3 is 0 Å². The average molecular weight is 250 g/mol.